The molecule has 1 aromatic heterocycles. The number of pyridine rings is 1. The monoisotopic (exact) mass is 261 g/mol. The number of rotatable bonds is 5. The molecule has 1 aliphatic rings. The van der Waals surface area contributed by atoms with E-state index >= 15 is 0 Å². The van der Waals surface area contributed by atoms with Gasteiger partial charge in [0.05, 0.1) is 5.69 Å². The average Bonchev–Trinajstić information content (AvgIpc) is 2.41. The SMILES string of the molecule is CCNCc1ccc(CN2CCC(C)CC2C)nc1. The molecule has 0 bridgehead atoms. The Morgan fingerprint density at radius 2 is 2.21 bits per heavy atom. The predicted octanol–water partition coefficient (Wildman–Crippen LogP) is 2.81. The summed E-state index contributed by atoms with van der Waals surface area (Å²) in [7, 11) is 0. The molecule has 106 valence electrons. The maximum absolute atomic E-state index is 4.60. The zero-order chi connectivity index (χ0) is 13.7. The molecule has 0 aliphatic carbocycles. The highest BCUT2D eigenvalue weighted by Gasteiger charge is 2.22. The van der Waals surface area contributed by atoms with E-state index in [4.69, 9.17) is 0 Å². The molecule has 2 heterocycles. The zero-order valence-corrected chi connectivity index (χ0v) is 12.5. The fraction of sp³-hybridized carbons (Fsp3) is 0.688. The minimum absolute atomic E-state index is 0.687. The van der Waals surface area contributed by atoms with E-state index in [0.29, 0.717) is 6.04 Å². The Labute approximate surface area is 117 Å². The summed E-state index contributed by atoms with van der Waals surface area (Å²) in [4.78, 5) is 7.16. The normalized spacial score (nSPS) is 24.6. The van der Waals surface area contributed by atoms with Crippen LogP contribution in [0.3, 0.4) is 0 Å². The van der Waals surface area contributed by atoms with Crippen molar-refractivity contribution in [3.63, 3.8) is 0 Å². The highest BCUT2D eigenvalue weighted by Crippen LogP contribution is 2.23. The second kappa shape index (κ2) is 7.01. The predicted molar refractivity (Wildman–Crippen MR) is 79.9 cm³/mol. The van der Waals surface area contributed by atoms with Crippen LogP contribution in [0.2, 0.25) is 0 Å². The fourth-order valence-electron chi connectivity index (χ4n) is 2.82. The molecule has 3 nitrogen and oxygen atoms in total. The van der Waals surface area contributed by atoms with Crippen molar-refractivity contribution in [1.29, 1.82) is 0 Å². The number of nitrogens with zero attached hydrogens (tertiary/aromatic N) is 2. The Bertz CT molecular complexity index is 374. The minimum Gasteiger partial charge on any atom is -0.313 e. The van der Waals surface area contributed by atoms with Crippen molar-refractivity contribution in [1.82, 2.24) is 15.2 Å². The van der Waals surface area contributed by atoms with Gasteiger partial charge in [-0.1, -0.05) is 19.9 Å². The third kappa shape index (κ3) is 4.29. The van der Waals surface area contributed by atoms with Crippen molar-refractivity contribution < 1.29 is 0 Å². The Morgan fingerprint density at radius 1 is 1.37 bits per heavy atom. The summed E-state index contributed by atoms with van der Waals surface area (Å²) < 4.78 is 0. The average molecular weight is 261 g/mol. The van der Waals surface area contributed by atoms with Gasteiger partial charge >= 0.3 is 0 Å². The van der Waals surface area contributed by atoms with E-state index in [1.54, 1.807) is 0 Å². The number of piperidine rings is 1. The van der Waals surface area contributed by atoms with Gasteiger partial charge in [0.15, 0.2) is 0 Å². The third-order valence-corrected chi connectivity index (χ3v) is 4.11. The molecule has 1 saturated heterocycles. The van der Waals surface area contributed by atoms with Gasteiger partial charge in [-0.15, -0.1) is 0 Å². The summed E-state index contributed by atoms with van der Waals surface area (Å²) in [5.74, 6) is 0.877. The largest absolute Gasteiger partial charge is 0.313 e. The van der Waals surface area contributed by atoms with Gasteiger partial charge in [0, 0.05) is 25.3 Å². The molecule has 2 atom stereocenters. The summed E-state index contributed by atoms with van der Waals surface area (Å²) in [6.45, 7) is 11.0. The third-order valence-electron chi connectivity index (χ3n) is 4.11. The molecule has 0 aromatic carbocycles. The van der Waals surface area contributed by atoms with Crippen molar-refractivity contribution in [2.24, 2.45) is 5.92 Å². The van der Waals surface area contributed by atoms with Crippen LogP contribution in [0.4, 0.5) is 0 Å². The van der Waals surface area contributed by atoms with E-state index in [1.165, 1.54) is 30.6 Å². The fourth-order valence-corrected chi connectivity index (χ4v) is 2.82. The molecule has 0 amide bonds. The lowest BCUT2D eigenvalue weighted by Crippen LogP contribution is -2.39. The molecule has 19 heavy (non-hydrogen) atoms. The number of hydrogen-bond acceptors (Lipinski definition) is 3. The van der Waals surface area contributed by atoms with Crippen LogP contribution in [-0.4, -0.2) is 29.0 Å². The molecular formula is C16H27N3. The number of nitrogens with one attached hydrogen (secondary N) is 1. The Kier molecular flexibility index (Phi) is 5.34. The first-order chi connectivity index (χ1) is 9.19. The quantitative estimate of drug-likeness (QED) is 0.883. The van der Waals surface area contributed by atoms with Gasteiger partial charge in [-0.2, -0.15) is 0 Å². The van der Waals surface area contributed by atoms with Crippen molar-refractivity contribution in [3.05, 3.63) is 29.6 Å². The molecule has 2 rings (SSSR count). The Morgan fingerprint density at radius 3 is 2.84 bits per heavy atom. The van der Waals surface area contributed by atoms with Gasteiger partial charge in [0.2, 0.25) is 0 Å². The summed E-state index contributed by atoms with van der Waals surface area (Å²) in [6, 6.07) is 5.06. The van der Waals surface area contributed by atoms with Gasteiger partial charge < -0.3 is 5.32 Å². The molecule has 2 unspecified atom stereocenters. The first-order valence-corrected chi connectivity index (χ1v) is 7.57. The van der Waals surface area contributed by atoms with Gasteiger partial charge in [0.25, 0.3) is 0 Å². The van der Waals surface area contributed by atoms with Crippen molar-refractivity contribution in [2.45, 2.75) is 52.7 Å². The smallest absolute Gasteiger partial charge is 0.0544 e. The second-order valence-electron chi connectivity index (χ2n) is 5.89. The summed E-state index contributed by atoms with van der Waals surface area (Å²) in [5, 5.41) is 3.33. The van der Waals surface area contributed by atoms with Crippen LogP contribution in [0.1, 0.15) is 44.9 Å². The van der Waals surface area contributed by atoms with Crippen LogP contribution in [0, 0.1) is 5.92 Å². The molecular weight excluding hydrogens is 234 g/mol. The molecule has 3 heteroatoms. The van der Waals surface area contributed by atoms with Gasteiger partial charge in [0.1, 0.15) is 0 Å². The lowest BCUT2D eigenvalue weighted by Gasteiger charge is -2.36. The minimum atomic E-state index is 0.687. The van der Waals surface area contributed by atoms with E-state index in [0.717, 1.165) is 25.6 Å². The van der Waals surface area contributed by atoms with Crippen molar-refractivity contribution >= 4 is 0 Å². The topological polar surface area (TPSA) is 28.2 Å². The van der Waals surface area contributed by atoms with E-state index in [2.05, 4.69) is 48.1 Å². The number of likely N-dealkylation sites (tertiary alicyclic amines) is 1. The molecule has 1 aromatic rings. The van der Waals surface area contributed by atoms with Crippen LogP contribution in [0.5, 0.6) is 0 Å². The van der Waals surface area contributed by atoms with Gasteiger partial charge in [-0.25, -0.2) is 0 Å². The first-order valence-electron chi connectivity index (χ1n) is 7.57. The van der Waals surface area contributed by atoms with E-state index in [9.17, 15) is 0 Å². The molecule has 0 saturated carbocycles. The van der Waals surface area contributed by atoms with Gasteiger partial charge in [-0.3, -0.25) is 9.88 Å². The van der Waals surface area contributed by atoms with Crippen LogP contribution >= 0.6 is 0 Å². The van der Waals surface area contributed by atoms with Crippen molar-refractivity contribution in [2.75, 3.05) is 13.1 Å². The molecule has 1 aliphatic heterocycles. The number of hydrogen-bond donors (Lipinski definition) is 1. The maximum atomic E-state index is 4.60. The van der Waals surface area contributed by atoms with Crippen LogP contribution < -0.4 is 5.32 Å². The van der Waals surface area contributed by atoms with Crippen molar-refractivity contribution in [3.8, 4) is 0 Å². The Balaban J connectivity index is 1.88. The molecule has 1 N–H and O–H groups in total. The van der Waals surface area contributed by atoms with E-state index < -0.39 is 0 Å². The van der Waals surface area contributed by atoms with E-state index in [-0.39, 0.29) is 0 Å². The van der Waals surface area contributed by atoms with E-state index in [1.807, 2.05) is 6.20 Å². The first kappa shape index (κ1) is 14.5. The summed E-state index contributed by atoms with van der Waals surface area (Å²) in [6.07, 6.45) is 4.65. The molecule has 1 fully saturated rings. The maximum Gasteiger partial charge on any atom is 0.0544 e. The summed E-state index contributed by atoms with van der Waals surface area (Å²) >= 11 is 0. The highest BCUT2D eigenvalue weighted by molar-refractivity contribution is 5.14. The highest BCUT2D eigenvalue weighted by atomic mass is 15.2. The van der Waals surface area contributed by atoms with Gasteiger partial charge in [-0.05, 0) is 50.4 Å². The zero-order valence-electron chi connectivity index (χ0n) is 12.5. The standard InChI is InChI=1S/C16H27N3/c1-4-17-10-15-5-6-16(18-11-15)12-19-8-7-13(2)9-14(19)3/h5-6,11,13-14,17H,4,7-10,12H2,1-3H3. The molecule has 0 spiro atoms. The number of aromatic nitrogens is 1. The van der Waals surface area contributed by atoms with Crippen LogP contribution in [0.25, 0.3) is 0 Å². The summed E-state index contributed by atoms with van der Waals surface area (Å²) in [5.41, 5.74) is 2.47. The molecule has 0 radical (unpaired) electrons. The van der Waals surface area contributed by atoms with Crippen LogP contribution in [0.15, 0.2) is 18.3 Å². The Hall–Kier alpha value is -0.930. The second-order valence-corrected chi connectivity index (χ2v) is 5.89. The lowest BCUT2D eigenvalue weighted by molar-refractivity contribution is 0.120. The van der Waals surface area contributed by atoms with Crippen LogP contribution in [-0.2, 0) is 13.1 Å². The lowest BCUT2D eigenvalue weighted by atomic mass is 9.93.